The molecule has 0 radical (unpaired) electrons. The molecule has 4 heterocycles. The van der Waals surface area contributed by atoms with Gasteiger partial charge in [-0.3, -0.25) is 24.8 Å². The van der Waals surface area contributed by atoms with Crippen LogP contribution < -0.4 is 11.6 Å². The minimum atomic E-state index is -1.16. The number of pyridine rings is 3. The molecule has 0 aliphatic carbocycles. The van der Waals surface area contributed by atoms with Gasteiger partial charge in [-0.25, -0.2) is 5.84 Å². The first-order valence-electron chi connectivity index (χ1n) is 13.7. The molecule has 1 saturated heterocycles. The Bertz CT molecular complexity index is 1150. The molecule has 0 amide bonds. The van der Waals surface area contributed by atoms with E-state index in [1.807, 2.05) is 54.6 Å². The van der Waals surface area contributed by atoms with Gasteiger partial charge in [0.15, 0.2) is 6.29 Å². The van der Waals surface area contributed by atoms with Crippen LogP contribution in [0.5, 0.6) is 0 Å². The molecule has 12 nitrogen and oxygen atoms in total. The van der Waals surface area contributed by atoms with Crippen LogP contribution in [0.2, 0.25) is 0 Å². The van der Waals surface area contributed by atoms with E-state index >= 15 is 0 Å². The van der Waals surface area contributed by atoms with E-state index in [1.165, 1.54) is 5.01 Å². The number of hydrogen-bond donors (Lipinski definition) is 5. The highest BCUT2D eigenvalue weighted by Gasteiger charge is 2.36. The van der Waals surface area contributed by atoms with E-state index in [2.05, 4.69) is 24.8 Å². The first kappa shape index (κ1) is 30.5. The van der Waals surface area contributed by atoms with Crippen molar-refractivity contribution >= 4 is 0 Å². The summed E-state index contributed by atoms with van der Waals surface area (Å²) in [6, 6.07) is 17.6. The number of aliphatic hydroxyl groups excluding tert-OH is 3. The van der Waals surface area contributed by atoms with Crippen molar-refractivity contribution < 1.29 is 20.1 Å². The number of nitrogens with zero attached hydrogens (tertiary/aromatic N) is 6. The van der Waals surface area contributed by atoms with Crippen molar-refractivity contribution in [3.8, 4) is 0 Å². The minimum absolute atomic E-state index is 0.0398. The molecule has 3 aromatic rings. The Balaban J connectivity index is 1.43. The molecule has 3 aromatic heterocycles. The normalized spacial score (nSPS) is 21.4. The third-order valence-corrected chi connectivity index (χ3v) is 6.75. The van der Waals surface area contributed by atoms with Gasteiger partial charge in [0, 0.05) is 76.2 Å². The summed E-state index contributed by atoms with van der Waals surface area (Å²) in [5, 5.41) is 31.3. The second kappa shape index (κ2) is 15.5. The van der Waals surface area contributed by atoms with Crippen molar-refractivity contribution in [2.45, 2.75) is 50.7 Å². The molecule has 220 valence electrons. The lowest BCUT2D eigenvalue weighted by Crippen LogP contribution is -2.53. The molecule has 12 heteroatoms. The fourth-order valence-corrected chi connectivity index (χ4v) is 4.73. The Morgan fingerprint density at radius 3 is 1.85 bits per heavy atom. The monoisotopic (exact) mass is 564 g/mol. The Kier molecular flexibility index (Phi) is 11.5. The Hall–Kier alpha value is -3.49. The molecule has 1 aliphatic rings. The van der Waals surface area contributed by atoms with Gasteiger partial charge in [0.25, 0.3) is 0 Å². The Labute approximate surface area is 240 Å². The van der Waals surface area contributed by atoms with Crippen LogP contribution in [-0.4, -0.2) is 95.9 Å². The van der Waals surface area contributed by atoms with Crippen molar-refractivity contribution in [2.24, 2.45) is 11.6 Å². The first-order chi connectivity index (χ1) is 19.9. The fourth-order valence-electron chi connectivity index (χ4n) is 4.73. The van der Waals surface area contributed by atoms with E-state index in [9.17, 15) is 15.3 Å². The molecule has 1 unspecified atom stereocenters. The SMILES string of the molecule is N/C(=C\N(N)C[C@H]1OC(O)C[C@@H](O)[C@H]1O)CN(CCN(Cc1ccccn1)Cc1ccccn1)Cc1ccccn1. The average Bonchev–Trinajstić information content (AvgIpc) is 2.96. The number of aromatic nitrogens is 3. The summed E-state index contributed by atoms with van der Waals surface area (Å²) in [7, 11) is 0. The average molecular weight is 565 g/mol. The molecule has 4 atom stereocenters. The van der Waals surface area contributed by atoms with Gasteiger partial charge in [0.2, 0.25) is 0 Å². The summed E-state index contributed by atoms with van der Waals surface area (Å²) in [5.74, 6) is 6.15. The molecular formula is C29H40N8O4. The van der Waals surface area contributed by atoms with Crippen LogP contribution >= 0.6 is 0 Å². The summed E-state index contributed by atoms with van der Waals surface area (Å²) >= 11 is 0. The van der Waals surface area contributed by atoms with Crippen LogP contribution in [0, 0.1) is 0 Å². The lowest BCUT2D eigenvalue weighted by Gasteiger charge is -2.36. The third kappa shape index (κ3) is 10.1. The highest BCUT2D eigenvalue weighted by molar-refractivity contribution is 5.08. The largest absolute Gasteiger partial charge is 0.400 e. The predicted molar refractivity (Wildman–Crippen MR) is 153 cm³/mol. The van der Waals surface area contributed by atoms with E-state index in [0.717, 1.165) is 23.6 Å². The van der Waals surface area contributed by atoms with Crippen molar-refractivity contribution in [1.29, 1.82) is 0 Å². The van der Waals surface area contributed by atoms with E-state index in [1.54, 1.807) is 24.8 Å². The van der Waals surface area contributed by atoms with Gasteiger partial charge in [-0.15, -0.1) is 0 Å². The van der Waals surface area contributed by atoms with Crippen molar-refractivity contribution in [3.05, 3.63) is 102 Å². The van der Waals surface area contributed by atoms with Gasteiger partial charge in [-0.2, -0.15) is 0 Å². The van der Waals surface area contributed by atoms with E-state index in [4.69, 9.17) is 16.3 Å². The van der Waals surface area contributed by atoms with Crippen LogP contribution in [0.1, 0.15) is 23.5 Å². The number of nitrogens with two attached hydrogens (primary N) is 2. The number of hydrogen-bond acceptors (Lipinski definition) is 12. The summed E-state index contributed by atoms with van der Waals surface area (Å²) in [6.07, 6.45) is 2.60. The zero-order chi connectivity index (χ0) is 29.0. The molecule has 7 N–H and O–H groups in total. The van der Waals surface area contributed by atoms with Gasteiger partial charge in [-0.05, 0) is 36.4 Å². The van der Waals surface area contributed by atoms with E-state index < -0.39 is 24.6 Å². The van der Waals surface area contributed by atoms with Gasteiger partial charge in [-0.1, -0.05) is 18.2 Å². The van der Waals surface area contributed by atoms with Gasteiger partial charge < -0.3 is 30.8 Å². The van der Waals surface area contributed by atoms with Gasteiger partial charge in [0.1, 0.15) is 12.2 Å². The second-order valence-electron chi connectivity index (χ2n) is 10.2. The second-order valence-corrected chi connectivity index (χ2v) is 10.2. The lowest BCUT2D eigenvalue weighted by atomic mass is 10.0. The fraction of sp³-hybridized carbons (Fsp3) is 0.414. The standard InChI is InChI=1S/C29H40N8O4/c30-22(17-37(31)21-27-29(40)26(38)15-28(39)41-27)16-35(18-23-7-1-4-10-32-23)13-14-36(19-24-8-2-5-11-33-24)20-25-9-3-6-12-34-25/h1-12,17,26-29,38-40H,13-16,18-21,30-31H2/b22-17-/t26-,27-,28?,29-/m1/s1. The molecule has 1 fully saturated rings. The summed E-state index contributed by atoms with van der Waals surface area (Å²) in [4.78, 5) is 18.0. The number of aliphatic hydroxyl groups is 3. The molecule has 4 rings (SSSR count). The van der Waals surface area contributed by atoms with Crippen molar-refractivity contribution in [2.75, 3.05) is 26.2 Å². The van der Waals surface area contributed by atoms with E-state index in [0.29, 0.717) is 38.4 Å². The topological polar surface area (TPSA) is 170 Å². The number of rotatable bonds is 14. The minimum Gasteiger partial charge on any atom is -0.400 e. The Morgan fingerprint density at radius 2 is 1.34 bits per heavy atom. The van der Waals surface area contributed by atoms with Crippen molar-refractivity contribution in [3.63, 3.8) is 0 Å². The highest BCUT2D eigenvalue weighted by Crippen LogP contribution is 2.19. The maximum absolute atomic E-state index is 10.2. The highest BCUT2D eigenvalue weighted by atomic mass is 16.6. The van der Waals surface area contributed by atoms with Gasteiger partial charge >= 0.3 is 0 Å². The first-order valence-corrected chi connectivity index (χ1v) is 13.7. The lowest BCUT2D eigenvalue weighted by molar-refractivity contribution is -0.234. The smallest absolute Gasteiger partial charge is 0.157 e. The van der Waals surface area contributed by atoms with Crippen LogP contribution in [0.4, 0.5) is 0 Å². The molecule has 0 spiro atoms. The molecule has 0 aromatic carbocycles. The van der Waals surface area contributed by atoms with Crippen molar-refractivity contribution in [1.82, 2.24) is 29.8 Å². The number of ether oxygens (including phenoxy) is 1. The molecule has 0 bridgehead atoms. The molecular weight excluding hydrogens is 524 g/mol. The number of hydrazine groups is 1. The molecule has 0 saturated carbocycles. The Morgan fingerprint density at radius 1 is 0.829 bits per heavy atom. The molecule has 1 aliphatic heterocycles. The summed E-state index contributed by atoms with van der Waals surface area (Å²) in [6.45, 7) is 3.75. The van der Waals surface area contributed by atoms with Crippen LogP contribution in [0.15, 0.2) is 85.1 Å². The third-order valence-electron chi connectivity index (χ3n) is 6.75. The van der Waals surface area contributed by atoms with Crippen LogP contribution in [0.25, 0.3) is 0 Å². The molecule has 41 heavy (non-hydrogen) atoms. The van der Waals surface area contributed by atoms with Crippen LogP contribution in [0.3, 0.4) is 0 Å². The predicted octanol–water partition coefficient (Wildman–Crippen LogP) is 0.181. The zero-order valence-electron chi connectivity index (χ0n) is 23.1. The maximum Gasteiger partial charge on any atom is 0.157 e. The summed E-state index contributed by atoms with van der Waals surface area (Å²) in [5.41, 5.74) is 9.77. The van der Waals surface area contributed by atoms with Crippen LogP contribution in [-0.2, 0) is 24.4 Å². The quantitative estimate of drug-likeness (QED) is 0.133. The zero-order valence-corrected chi connectivity index (χ0v) is 23.1. The maximum atomic E-state index is 10.2. The van der Waals surface area contributed by atoms with E-state index in [-0.39, 0.29) is 13.0 Å². The van der Waals surface area contributed by atoms with Gasteiger partial charge in [0.05, 0.1) is 29.7 Å². The summed E-state index contributed by atoms with van der Waals surface area (Å²) < 4.78 is 5.36.